The summed E-state index contributed by atoms with van der Waals surface area (Å²) in [5, 5.41) is 44.7. The van der Waals surface area contributed by atoms with Crippen LogP contribution in [0.4, 0.5) is 0 Å². The first-order valence-electron chi connectivity index (χ1n) is 48.3. The molecule has 0 heterocycles. The van der Waals surface area contributed by atoms with E-state index in [4.69, 9.17) is 60.0 Å². The molecule has 0 aliphatic heterocycles. The molecule has 28 heteroatoms. The smallest absolute Gasteiger partial charge is 0.339 e. The van der Waals surface area contributed by atoms with Gasteiger partial charge < -0.3 is 58.7 Å². The molecule has 9 rings (SSSR count). The van der Waals surface area contributed by atoms with E-state index in [-0.39, 0.29) is 129 Å². The van der Waals surface area contributed by atoms with Gasteiger partial charge in [-0.3, -0.25) is 28.8 Å². The minimum absolute atomic E-state index is 0. The summed E-state index contributed by atoms with van der Waals surface area (Å²) in [6, 6.07) is 77.3. The first-order valence-corrected chi connectivity index (χ1v) is 49.9. The fourth-order valence-corrected chi connectivity index (χ4v) is 15.0. The number of ether oxygens (including phenoxy) is 7. The Morgan fingerprint density at radius 1 is 0.230 bits per heavy atom. The number of carboxylic acid groups (broad SMARTS) is 5. The van der Waals surface area contributed by atoms with E-state index in [1.807, 2.05) is 182 Å². The van der Waals surface area contributed by atoms with Gasteiger partial charge in [-0.2, -0.15) is 0 Å². The van der Waals surface area contributed by atoms with E-state index in [2.05, 4.69) is 40.2 Å². The molecule has 0 spiro atoms. The number of halogens is 2. The zero-order valence-electron chi connectivity index (χ0n) is 80.5. The molecule has 0 aliphatic carbocycles. The molecule has 0 atom stereocenters. The molecule has 0 bridgehead atoms. The Balaban J connectivity index is 0.000000678. The SMILES string of the molecule is O=C(CCCCCCCBr)OC(c1ccccc1)c1ccccc1.O=C(CCCCCCCOC(=O)c1ccccc1C(=O)OCCCCCCCC(=O)OC(c1ccccc1)c1ccccc1)OC(c1ccccc1)c1ccccc1.O=C(O)CCCCCCCBr.O=C(O)CCCCCCCOC(=O)c1ccccc1C(=O)OCCCCCCCC(=O)O.O=C(O)c1ccccc1C(=O)O.[2H][B].[HH].[U]. The van der Waals surface area contributed by atoms with Gasteiger partial charge in [-0.15, -0.1) is 0 Å². The molecule has 2 radical (unpaired) electrons. The number of carbonyl (C=O) groups excluding carboxylic acids is 7. The summed E-state index contributed by atoms with van der Waals surface area (Å²) < 4.78 is 44.4. The van der Waals surface area contributed by atoms with Gasteiger partial charge in [-0.1, -0.05) is 366 Å². The Morgan fingerprint density at radius 3 is 0.568 bits per heavy atom. The van der Waals surface area contributed by atoms with Crippen molar-refractivity contribution in [3.63, 3.8) is 0 Å². The number of hydrogen-bond acceptors (Lipinski definition) is 19. The van der Waals surface area contributed by atoms with E-state index in [9.17, 15) is 57.5 Å². The third-order valence-corrected chi connectivity index (χ3v) is 22.7. The maximum Gasteiger partial charge on any atom is 0.339 e. The van der Waals surface area contributed by atoms with Crippen molar-refractivity contribution < 1.29 is 149 Å². The molecule has 0 amide bonds. The molecule has 0 saturated heterocycles. The molecule has 0 aliphatic rings. The second-order valence-electron chi connectivity index (χ2n) is 32.5. The number of carbonyl (C=O) groups is 12. The molecule has 139 heavy (non-hydrogen) atoms. The monoisotopic (exact) mass is 2260 g/mol. The third kappa shape index (κ3) is 54.7. The summed E-state index contributed by atoms with van der Waals surface area (Å²) in [6.07, 6.45) is 27.4. The molecule has 5 N–H and O–H groups in total. The number of rotatable bonds is 61. The maximum atomic E-state index is 12.9. The molecule has 24 nitrogen and oxygen atoms in total. The number of esters is 7. The van der Waals surface area contributed by atoms with E-state index in [0.29, 0.717) is 77.0 Å². The van der Waals surface area contributed by atoms with Gasteiger partial charge >= 0.3 is 71.6 Å². The van der Waals surface area contributed by atoms with Crippen LogP contribution in [0, 0.1) is 31.1 Å². The average Bonchev–Trinajstić information content (AvgIpc) is 0.842. The molecule has 9 aromatic carbocycles. The van der Waals surface area contributed by atoms with E-state index < -0.39 is 65.9 Å². The molecular weight excluding hydrogens is 2130 g/mol. The van der Waals surface area contributed by atoms with E-state index >= 15 is 0 Å². The van der Waals surface area contributed by atoms with Gasteiger partial charge in [0.05, 0.1) is 59.8 Å². The summed E-state index contributed by atoms with van der Waals surface area (Å²) in [6.45, 7) is 0.947. The van der Waals surface area contributed by atoms with Crippen LogP contribution in [0.1, 0.15) is 346 Å². The second-order valence-corrected chi connectivity index (χ2v) is 34.1. The number of carboxylic acids is 5. The Morgan fingerprint density at radius 2 is 0.388 bits per heavy atom. The predicted octanol–water partition coefficient (Wildman–Crippen LogP) is 25.7. The summed E-state index contributed by atoms with van der Waals surface area (Å²) >= 11 is 6.79. The normalized spacial score (nSPS) is 10.5. The minimum Gasteiger partial charge on any atom is -0.481 e. The first-order chi connectivity index (χ1) is 67.6. The summed E-state index contributed by atoms with van der Waals surface area (Å²) in [4.78, 5) is 140. The van der Waals surface area contributed by atoms with Crippen LogP contribution in [0.25, 0.3) is 0 Å². The van der Waals surface area contributed by atoms with E-state index in [1.54, 1.807) is 36.4 Å². The van der Waals surface area contributed by atoms with Crippen molar-refractivity contribution in [1.29, 1.82) is 1.34 Å². The Bertz CT molecular complexity index is 4600. The van der Waals surface area contributed by atoms with Crippen molar-refractivity contribution in [2.45, 2.75) is 249 Å². The van der Waals surface area contributed by atoms with Crippen LogP contribution in [-0.2, 0) is 61.9 Å². The number of unbranched alkanes of at least 4 members (excludes halogenated alkanes) is 24. The van der Waals surface area contributed by atoms with Crippen LogP contribution in [0.3, 0.4) is 0 Å². The molecular formula is C111H137BBr2O24U. The van der Waals surface area contributed by atoms with Gasteiger partial charge in [-0.25, -0.2) is 28.8 Å². The van der Waals surface area contributed by atoms with Crippen molar-refractivity contribution in [3.8, 4) is 0 Å². The minimum atomic E-state index is -1.23. The van der Waals surface area contributed by atoms with Gasteiger partial charge in [0.25, 0.3) is 0 Å². The van der Waals surface area contributed by atoms with Crippen molar-refractivity contribution in [2.24, 2.45) is 0 Å². The second kappa shape index (κ2) is 77.5. The number of alkyl halides is 2. The first kappa shape index (κ1) is 120. The third-order valence-electron chi connectivity index (χ3n) is 21.6. The van der Waals surface area contributed by atoms with Crippen LogP contribution in [0.5, 0.6) is 0 Å². The van der Waals surface area contributed by atoms with E-state index in [1.165, 1.54) is 74.9 Å². The Labute approximate surface area is 863 Å². The number of aliphatic carboxylic acids is 3. The van der Waals surface area contributed by atoms with Crippen molar-refractivity contribution >= 4 is 112 Å². The van der Waals surface area contributed by atoms with Crippen LogP contribution in [0.15, 0.2) is 255 Å². The molecule has 746 valence electrons. The van der Waals surface area contributed by atoms with Crippen molar-refractivity contribution in [3.05, 3.63) is 322 Å². The topological polar surface area (TPSA) is 371 Å². The fourth-order valence-electron chi connectivity index (χ4n) is 14.2. The van der Waals surface area contributed by atoms with Gasteiger partial charge in [0.2, 0.25) is 0 Å². The number of aromatic carboxylic acids is 2. The molecule has 0 fully saturated rings. The van der Waals surface area contributed by atoms with Gasteiger partial charge in [0, 0.05) is 90.1 Å². The average molecular weight is 2260 g/mol. The Hall–Kier alpha value is -11.3. The number of hydrogen-bond donors (Lipinski definition) is 5. The summed E-state index contributed by atoms with van der Waals surface area (Å²) in [5.41, 5.74) is 6.09. The summed E-state index contributed by atoms with van der Waals surface area (Å²) in [5.74, 6) is -7.53. The number of benzene rings is 9. The zero-order valence-corrected chi connectivity index (χ0v) is 86.8. The van der Waals surface area contributed by atoms with Crippen molar-refractivity contribution in [1.82, 2.24) is 0 Å². The molecule has 9 aromatic rings. The van der Waals surface area contributed by atoms with Crippen LogP contribution in [-0.4, -0.2) is 144 Å². The Kier molecular flexibility index (Phi) is 66.9. The van der Waals surface area contributed by atoms with E-state index in [0.717, 1.165) is 147 Å². The van der Waals surface area contributed by atoms with Gasteiger partial charge in [-0.05, 0) is 148 Å². The predicted molar refractivity (Wildman–Crippen MR) is 543 cm³/mol. The molecule has 0 unspecified atom stereocenters. The standard InChI is InChI=1S/C50H54O8.C24H34O8.C21H25BrO2.C8H15BrO2.C8H6O4.BH.U.H2/c51-45(57-47(39-25-11-7-12-26-39)40-27-13-8-14-28-40)35-19-3-1-5-23-37-55-49(53)43-33-21-22-34-44(43)50(54)56-38-24-6-2-4-20-36-46(52)58-48(41-29-15-9-16-30-41)42-31-17-10-18-32-42;25-21(26)15-7-3-1-5-11-17-31-23(29)19-13-9-10-14-20(19)24(30)32-18-12-6-2-4-8-16-22(27)28;22-17-11-3-1-2-10-16-20(23)24-21(18-12-6-4-7-13-18)19-14-8-5-9-15-19;9-7-5-3-1-2-4-6-8(10)11;9-7(10)5-3-1-2-4-6(5)8(11)12;;;/h7-18,21-22,25-34,47-48H,1-6,19-20,23-24,35-38H2;9-10,13-14H,1-8,11-12,15-18H2,(H,25,26)(H,27,28);4-9,12-15,21H,1-3,10-11,16-17H2;1-7H2,(H,10,11);1-4H,(H,9,10)(H,11,12);1H;;1H/i;;;;;1D;;. The largest absolute Gasteiger partial charge is 0.481 e. The van der Waals surface area contributed by atoms with Crippen LogP contribution >= 0.6 is 31.9 Å². The fraction of sp³-hybridized carbons (Fsp3) is 0.405. The molecule has 0 saturated carbocycles. The maximum absolute atomic E-state index is 12.9. The van der Waals surface area contributed by atoms with Gasteiger partial charge in [0.1, 0.15) is 0 Å². The molecule has 0 aromatic heterocycles. The van der Waals surface area contributed by atoms with Crippen LogP contribution in [0.2, 0.25) is 0 Å². The van der Waals surface area contributed by atoms with Crippen LogP contribution < -0.4 is 0 Å². The quantitative estimate of drug-likeness (QED) is 0.00777. The van der Waals surface area contributed by atoms with Gasteiger partial charge in [0.15, 0.2) is 18.3 Å². The summed E-state index contributed by atoms with van der Waals surface area (Å²) in [7, 11) is 3.75. The van der Waals surface area contributed by atoms with Crippen molar-refractivity contribution in [2.75, 3.05) is 37.1 Å². The zero-order chi connectivity index (χ0) is 101.